The Morgan fingerprint density at radius 3 is 2.92 bits per heavy atom. The molecule has 3 heterocycles. The Kier molecular flexibility index (Phi) is 4.84. The highest BCUT2D eigenvalue weighted by molar-refractivity contribution is 7.89. The summed E-state index contributed by atoms with van der Waals surface area (Å²) in [5.41, 5.74) is 5.48. The molecule has 4 N–H and O–H groups in total. The first-order valence-electron chi connectivity index (χ1n) is 7.75. The molecule has 2 aromatic rings. The molecule has 142 valence electrons. The van der Waals surface area contributed by atoms with E-state index in [1.807, 2.05) is 0 Å². The summed E-state index contributed by atoms with van der Waals surface area (Å²) in [6.45, 7) is 3.80. The quantitative estimate of drug-likeness (QED) is 0.534. The zero-order valence-corrected chi connectivity index (χ0v) is 15.1. The molecule has 0 aromatic carbocycles. The number of nitrogen functional groups attached to an aromatic ring is 1. The number of imidazole rings is 1. The van der Waals surface area contributed by atoms with E-state index in [1.54, 1.807) is 6.08 Å². The Morgan fingerprint density at radius 1 is 1.58 bits per heavy atom. The Labute approximate surface area is 149 Å². The Bertz CT molecular complexity index is 983. The lowest BCUT2D eigenvalue weighted by Gasteiger charge is -2.20. The van der Waals surface area contributed by atoms with Crippen LogP contribution in [0.15, 0.2) is 23.8 Å². The fourth-order valence-corrected chi connectivity index (χ4v) is 4.00. The molecule has 0 bridgehead atoms. The molecule has 0 spiro atoms. The average Bonchev–Trinajstić information content (AvgIpc) is 3.14. The summed E-state index contributed by atoms with van der Waals surface area (Å²) in [7, 11) is -0.729. The van der Waals surface area contributed by atoms with Crippen molar-refractivity contribution >= 4 is 27.1 Å². The number of rotatable bonds is 6. The number of H-pyrrole nitrogens is 1. The lowest BCUT2D eigenvalue weighted by Crippen LogP contribution is -2.37. The Morgan fingerprint density at radius 2 is 2.31 bits per heavy atom. The fourth-order valence-electron chi connectivity index (χ4n) is 3.13. The van der Waals surface area contributed by atoms with Gasteiger partial charge in [0.1, 0.15) is 12.3 Å². The summed E-state index contributed by atoms with van der Waals surface area (Å²) >= 11 is 0. The number of aromatic amines is 1. The molecule has 12 heteroatoms. The summed E-state index contributed by atoms with van der Waals surface area (Å²) < 4.78 is 39.1. The van der Waals surface area contributed by atoms with E-state index in [0.29, 0.717) is 0 Å². The summed E-state index contributed by atoms with van der Waals surface area (Å²) in [6.07, 6.45) is 1.01. The lowest BCUT2D eigenvalue weighted by molar-refractivity contribution is -0.0144. The predicted molar refractivity (Wildman–Crippen MR) is 93.8 cm³/mol. The third-order valence-electron chi connectivity index (χ3n) is 4.35. The third-order valence-corrected chi connectivity index (χ3v) is 5.74. The standard InChI is InChI=1S/C14H20N6O5S/c1-4-7-10(24-3)8(5-26(22,23)16-2)25-13(7)20-6-17-9-11(20)18-14(15)19-12(9)21/h4,6-8,10,13,16H,1,5H2,2-3H3,(H3,15,18,19,21)/t7-,8-,10+,13-/m1/s1. The van der Waals surface area contributed by atoms with Gasteiger partial charge in [0.25, 0.3) is 5.56 Å². The number of nitrogens with one attached hydrogen (secondary N) is 2. The summed E-state index contributed by atoms with van der Waals surface area (Å²) in [4.78, 5) is 22.5. The molecule has 26 heavy (non-hydrogen) atoms. The molecule has 0 unspecified atom stereocenters. The van der Waals surface area contributed by atoms with E-state index in [4.69, 9.17) is 15.2 Å². The van der Waals surface area contributed by atoms with Crippen LogP contribution in [0.1, 0.15) is 6.23 Å². The average molecular weight is 384 g/mol. The largest absolute Gasteiger partial charge is 0.378 e. The third kappa shape index (κ3) is 3.11. The van der Waals surface area contributed by atoms with Gasteiger partial charge in [-0.2, -0.15) is 4.98 Å². The van der Waals surface area contributed by atoms with Gasteiger partial charge in [-0.1, -0.05) is 6.08 Å². The number of hydrogen-bond donors (Lipinski definition) is 3. The Balaban J connectivity index is 2.04. The van der Waals surface area contributed by atoms with Crippen molar-refractivity contribution in [3.05, 3.63) is 29.3 Å². The monoisotopic (exact) mass is 384 g/mol. The molecular weight excluding hydrogens is 364 g/mol. The molecule has 1 saturated heterocycles. The lowest BCUT2D eigenvalue weighted by atomic mass is 10.00. The highest BCUT2D eigenvalue weighted by Crippen LogP contribution is 2.38. The van der Waals surface area contributed by atoms with Gasteiger partial charge in [0.15, 0.2) is 11.2 Å². The van der Waals surface area contributed by atoms with E-state index in [0.717, 1.165) is 0 Å². The maximum absolute atomic E-state index is 12.0. The first-order valence-corrected chi connectivity index (χ1v) is 9.41. The molecule has 1 aliphatic heterocycles. The maximum Gasteiger partial charge on any atom is 0.280 e. The van der Waals surface area contributed by atoms with Crippen LogP contribution in [0, 0.1) is 5.92 Å². The van der Waals surface area contributed by atoms with Gasteiger partial charge in [0.05, 0.1) is 24.1 Å². The molecule has 4 atom stereocenters. The van der Waals surface area contributed by atoms with Crippen LogP contribution in [0.4, 0.5) is 5.95 Å². The van der Waals surface area contributed by atoms with E-state index in [9.17, 15) is 13.2 Å². The number of nitrogens with two attached hydrogens (primary N) is 1. The SMILES string of the molecule is C=C[C@@H]1[C@H](OC)[C@@H](CS(=O)(=O)NC)O[C@H]1n1cnc2c(=O)[nH]c(N)nc21. The number of fused-ring (bicyclic) bond motifs is 1. The number of hydrogen-bond acceptors (Lipinski definition) is 8. The normalized spacial score (nSPS) is 26.4. The summed E-state index contributed by atoms with van der Waals surface area (Å²) in [5, 5.41) is 0. The topological polar surface area (TPSA) is 154 Å². The highest BCUT2D eigenvalue weighted by Gasteiger charge is 2.46. The van der Waals surface area contributed by atoms with Crippen molar-refractivity contribution in [3.63, 3.8) is 0 Å². The van der Waals surface area contributed by atoms with Crippen molar-refractivity contribution < 1.29 is 17.9 Å². The van der Waals surface area contributed by atoms with Gasteiger partial charge in [-0.25, -0.2) is 18.1 Å². The highest BCUT2D eigenvalue weighted by atomic mass is 32.2. The molecule has 2 aromatic heterocycles. The minimum atomic E-state index is -3.53. The van der Waals surface area contributed by atoms with E-state index in [1.165, 1.54) is 25.1 Å². The van der Waals surface area contributed by atoms with Crippen LogP contribution in [0.3, 0.4) is 0 Å². The first-order chi connectivity index (χ1) is 12.3. The minimum absolute atomic E-state index is 0.0602. The second-order valence-electron chi connectivity index (χ2n) is 5.84. The van der Waals surface area contributed by atoms with E-state index in [-0.39, 0.29) is 22.9 Å². The molecule has 0 amide bonds. The van der Waals surface area contributed by atoms with Gasteiger partial charge >= 0.3 is 0 Å². The van der Waals surface area contributed by atoms with Crippen molar-refractivity contribution in [2.24, 2.45) is 5.92 Å². The number of sulfonamides is 1. The number of anilines is 1. The second kappa shape index (κ2) is 6.79. The van der Waals surface area contributed by atoms with Crippen LogP contribution in [0.2, 0.25) is 0 Å². The minimum Gasteiger partial charge on any atom is -0.378 e. The number of ether oxygens (including phenoxy) is 2. The predicted octanol–water partition coefficient (Wildman–Crippen LogP) is -1.03. The zero-order valence-electron chi connectivity index (χ0n) is 14.2. The molecule has 3 rings (SSSR count). The fraction of sp³-hybridized carbons (Fsp3) is 0.500. The molecule has 1 aliphatic rings. The van der Waals surface area contributed by atoms with Gasteiger partial charge in [0, 0.05) is 7.11 Å². The van der Waals surface area contributed by atoms with E-state index in [2.05, 4.69) is 26.3 Å². The van der Waals surface area contributed by atoms with E-state index < -0.39 is 39.9 Å². The molecule has 0 radical (unpaired) electrons. The van der Waals surface area contributed by atoms with Gasteiger partial charge in [0.2, 0.25) is 16.0 Å². The van der Waals surface area contributed by atoms with Crippen LogP contribution in [-0.2, 0) is 19.5 Å². The Hall–Kier alpha value is -2.28. The van der Waals surface area contributed by atoms with Gasteiger partial charge < -0.3 is 15.2 Å². The molecular formula is C14H20N6O5S. The maximum atomic E-state index is 12.0. The van der Waals surface area contributed by atoms with Crippen molar-refractivity contribution in [2.45, 2.75) is 18.4 Å². The van der Waals surface area contributed by atoms with Crippen LogP contribution < -0.4 is 16.0 Å². The van der Waals surface area contributed by atoms with Crippen LogP contribution in [0.25, 0.3) is 11.2 Å². The molecule has 0 aliphatic carbocycles. The second-order valence-corrected chi connectivity index (χ2v) is 7.81. The van der Waals surface area contributed by atoms with Gasteiger partial charge in [-0.15, -0.1) is 6.58 Å². The van der Waals surface area contributed by atoms with Crippen molar-refractivity contribution in [3.8, 4) is 0 Å². The summed E-state index contributed by atoms with van der Waals surface area (Å²) in [6, 6.07) is 0. The van der Waals surface area contributed by atoms with Gasteiger partial charge in [-0.3, -0.25) is 14.3 Å². The smallest absolute Gasteiger partial charge is 0.280 e. The van der Waals surface area contributed by atoms with Crippen LogP contribution >= 0.6 is 0 Å². The van der Waals surface area contributed by atoms with E-state index >= 15 is 0 Å². The van der Waals surface area contributed by atoms with Gasteiger partial charge in [-0.05, 0) is 7.05 Å². The molecule has 1 fully saturated rings. The van der Waals surface area contributed by atoms with Crippen LogP contribution in [-0.4, -0.2) is 60.1 Å². The zero-order chi connectivity index (χ0) is 19.1. The van der Waals surface area contributed by atoms with Crippen molar-refractivity contribution in [2.75, 3.05) is 25.6 Å². The molecule has 0 saturated carbocycles. The first kappa shape index (κ1) is 18.5. The number of methoxy groups -OCH3 is 1. The number of aromatic nitrogens is 4. The molecule has 11 nitrogen and oxygen atoms in total. The van der Waals surface area contributed by atoms with Crippen LogP contribution in [0.5, 0.6) is 0 Å². The van der Waals surface area contributed by atoms with Crippen molar-refractivity contribution in [1.82, 2.24) is 24.2 Å². The number of nitrogens with zero attached hydrogens (tertiary/aromatic N) is 3. The summed E-state index contributed by atoms with van der Waals surface area (Å²) in [5.74, 6) is -0.738. The van der Waals surface area contributed by atoms with Crippen molar-refractivity contribution in [1.29, 1.82) is 0 Å².